The molecule has 1 saturated carbocycles. The molecule has 0 radical (unpaired) electrons. The maximum Gasteiger partial charge on any atom is 0.0548 e. The highest BCUT2D eigenvalue weighted by Gasteiger charge is 2.28. The van der Waals surface area contributed by atoms with Crippen molar-refractivity contribution in [2.75, 3.05) is 20.1 Å². The second kappa shape index (κ2) is 7.84. The van der Waals surface area contributed by atoms with E-state index in [1.165, 1.54) is 50.6 Å². The second-order valence-electron chi connectivity index (χ2n) is 6.63. The van der Waals surface area contributed by atoms with E-state index in [1.807, 2.05) is 0 Å². The van der Waals surface area contributed by atoms with Gasteiger partial charge in [0.05, 0.1) is 6.04 Å². The predicted molar refractivity (Wildman–Crippen MR) is 90.0 cm³/mol. The molecule has 0 spiro atoms. The minimum Gasteiger partial charge on any atom is -0.380 e. The Balaban J connectivity index is 1.99. The van der Waals surface area contributed by atoms with Gasteiger partial charge in [0.1, 0.15) is 0 Å². The van der Waals surface area contributed by atoms with Gasteiger partial charge in [0.25, 0.3) is 0 Å². The molecule has 118 valence electrons. The van der Waals surface area contributed by atoms with Crippen LogP contribution in [0.3, 0.4) is 0 Å². The molecular formula is C18H31N3. The fourth-order valence-electron chi connectivity index (χ4n) is 3.56. The van der Waals surface area contributed by atoms with Gasteiger partial charge in [0.2, 0.25) is 0 Å². The maximum absolute atomic E-state index is 5.75. The van der Waals surface area contributed by atoms with Crippen LogP contribution in [0.1, 0.15) is 44.9 Å². The van der Waals surface area contributed by atoms with Gasteiger partial charge in [0, 0.05) is 11.7 Å². The third-order valence-electron chi connectivity index (χ3n) is 5.14. The summed E-state index contributed by atoms with van der Waals surface area (Å²) < 4.78 is 0. The van der Waals surface area contributed by atoms with Crippen molar-refractivity contribution in [3.63, 3.8) is 0 Å². The molecule has 1 aliphatic carbocycles. The van der Waals surface area contributed by atoms with Gasteiger partial charge in [-0.15, -0.1) is 5.73 Å². The minimum atomic E-state index is 0.317. The summed E-state index contributed by atoms with van der Waals surface area (Å²) in [4.78, 5) is 2.40. The number of hydrogen-bond acceptors (Lipinski definition) is 3. The summed E-state index contributed by atoms with van der Waals surface area (Å²) in [5, 5.41) is 3.69. The molecule has 2 unspecified atom stereocenters. The van der Waals surface area contributed by atoms with Crippen molar-refractivity contribution >= 4 is 0 Å². The molecule has 2 atom stereocenters. The fourth-order valence-corrected chi connectivity index (χ4v) is 3.56. The number of likely N-dealkylation sites (tertiary alicyclic amines) is 1. The average molecular weight is 289 g/mol. The first-order valence-corrected chi connectivity index (χ1v) is 8.40. The Morgan fingerprint density at radius 2 is 2.14 bits per heavy atom. The van der Waals surface area contributed by atoms with Gasteiger partial charge in [-0.05, 0) is 57.3 Å². The number of nitrogens with one attached hydrogen (secondary N) is 1. The number of nitrogens with two attached hydrogens (primary N) is 1. The van der Waals surface area contributed by atoms with Gasteiger partial charge in [-0.1, -0.05) is 32.4 Å². The van der Waals surface area contributed by atoms with Crippen LogP contribution in [0.4, 0.5) is 0 Å². The molecular weight excluding hydrogens is 258 g/mol. The lowest BCUT2D eigenvalue weighted by atomic mass is 9.79. The monoisotopic (exact) mass is 289 g/mol. The Morgan fingerprint density at radius 1 is 1.38 bits per heavy atom. The first-order chi connectivity index (χ1) is 10.2. The molecule has 2 rings (SSSR count). The molecule has 1 aliphatic heterocycles. The van der Waals surface area contributed by atoms with E-state index in [0.717, 1.165) is 18.0 Å². The van der Waals surface area contributed by atoms with Gasteiger partial charge in [0.15, 0.2) is 0 Å². The van der Waals surface area contributed by atoms with Crippen LogP contribution in [0, 0.1) is 5.92 Å². The second-order valence-corrected chi connectivity index (χ2v) is 6.63. The van der Waals surface area contributed by atoms with Gasteiger partial charge in [-0.25, -0.2) is 0 Å². The van der Waals surface area contributed by atoms with Crippen LogP contribution in [-0.2, 0) is 0 Å². The molecule has 1 saturated heterocycles. The Bertz CT molecular complexity index is 405. The maximum atomic E-state index is 5.75. The van der Waals surface area contributed by atoms with Crippen LogP contribution >= 0.6 is 0 Å². The summed E-state index contributed by atoms with van der Waals surface area (Å²) in [6.45, 7) is 10.0. The highest BCUT2D eigenvalue weighted by atomic mass is 15.2. The van der Waals surface area contributed by atoms with Crippen LogP contribution in [0.5, 0.6) is 0 Å². The molecule has 0 amide bonds. The fraction of sp³-hybridized carbons (Fsp3) is 0.722. The smallest absolute Gasteiger partial charge is 0.0548 e. The summed E-state index contributed by atoms with van der Waals surface area (Å²) in [5.41, 5.74) is 11.3. The van der Waals surface area contributed by atoms with E-state index in [0.29, 0.717) is 18.6 Å². The molecule has 21 heavy (non-hydrogen) atoms. The first kappa shape index (κ1) is 16.4. The summed E-state index contributed by atoms with van der Waals surface area (Å²) in [6, 6.07) is 0.788. The lowest BCUT2D eigenvalue weighted by molar-refractivity contribution is 0.267. The average Bonchev–Trinajstić information content (AvgIpc) is 2.85. The minimum absolute atomic E-state index is 0.317. The van der Waals surface area contributed by atoms with E-state index in [-0.39, 0.29) is 0 Å². The predicted octanol–water partition coefficient (Wildman–Crippen LogP) is 2.80. The van der Waals surface area contributed by atoms with Gasteiger partial charge >= 0.3 is 0 Å². The Hall–Kier alpha value is -1.02. The van der Waals surface area contributed by atoms with Crippen molar-refractivity contribution in [2.24, 2.45) is 11.7 Å². The van der Waals surface area contributed by atoms with Crippen molar-refractivity contribution in [3.05, 3.63) is 30.2 Å². The van der Waals surface area contributed by atoms with Crippen LogP contribution < -0.4 is 11.1 Å². The first-order valence-electron chi connectivity index (χ1n) is 8.40. The lowest BCUT2D eigenvalue weighted by Crippen LogP contribution is -2.40. The Kier molecular flexibility index (Phi) is 6.10. The van der Waals surface area contributed by atoms with E-state index >= 15 is 0 Å². The van der Waals surface area contributed by atoms with Crippen molar-refractivity contribution in [1.82, 2.24) is 10.2 Å². The molecule has 3 N–H and O–H groups in total. The third-order valence-corrected chi connectivity index (χ3v) is 5.14. The zero-order chi connectivity index (χ0) is 15.2. The molecule has 2 aliphatic rings. The van der Waals surface area contributed by atoms with E-state index < -0.39 is 0 Å². The zero-order valence-electron chi connectivity index (χ0n) is 13.5. The van der Waals surface area contributed by atoms with Crippen molar-refractivity contribution in [3.8, 4) is 0 Å². The molecule has 0 bridgehead atoms. The number of rotatable bonds is 8. The van der Waals surface area contributed by atoms with Gasteiger partial charge in [-0.2, -0.15) is 0 Å². The molecule has 2 fully saturated rings. The molecule has 0 aromatic heterocycles. The molecule has 3 heteroatoms. The third kappa shape index (κ3) is 4.23. The number of likely N-dealkylation sites (N-methyl/N-ethyl adjacent to an activating group) is 1. The normalized spacial score (nSPS) is 24.2. The van der Waals surface area contributed by atoms with E-state index in [9.17, 15) is 0 Å². The molecule has 0 aromatic carbocycles. The zero-order valence-corrected chi connectivity index (χ0v) is 13.5. The van der Waals surface area contributed by atoms with Crippen LogP contribution in [0.25, 0.3) is 0 Å². The van der Waals surface area contributed by atoms with Crippen molar-refractivity contribution < 1.29 is 0 Å². The van der Waals surface area contributed by atoms with Crippen molar-refractivity contribution in [1.29, 1.82) is 0 Å². The Labute approximate surface area is 130 Å². The van der Waals surface area contributed by atoms with Gasteiger partial charge < -0.3 is 11.1 Å². The molecule has 0 aromatic rings. The number of nitrogens with zero attached hydrogens (tertiary/aromatic N) is 1. The molecule has 3 nitrogen and oxygen atoms in total. The summed E-state index contributed by atoms with van der Waals surface area (Å²) in [5.74, 6) is 0.845. The number of hydrogen-bond donors (Lipinski definition) is 2. The van der Waals surface area contributed by atoms with E-state index in [4.69, 9.17) is 5.73 Å². The van der Waals surface area contributed by atoms with E-state index in [1.54, 1.807) is 0 Å². The van der Waals surface area contributed by atoms with E-state index in [2.05, 4.69) is 36.2 Å². The summed E-state index contributed by atoms with van der Waals surface area (Å²) in [7, 11) is 2.19. The largest absolute Gasteiger partial charge is 0.380 e. The summed E-state index contributed by atoms with van der Waals surface area (Å²) >= 11 is 0. The topological polar surface area (TPSA) is 41.3 Å². The summed E-state index contributed by atoms with van der Waals surface area (Å²) in [6.07, 6.45) is 8.63. The van der Waals surface area contributed by atoms with Crippen LogP contribution in [-0.4, -0.2) is 37.1 Å². The van der Waals surface area contributed by atoms with Crippen LogP contribution in [0.2, 0.25) is 0 Å². The quantitative estimate of drug-likeness (QED) is 0.675. The standard InChI is InChI=1S/C18H31N3/c1-4-16(10-11-19)17(13-15-7-5-8-15)20-14(2)18-9-6-12-21(18)3/h15,17-18,20H,1-2,5-13,19H2,3H3. The Morgan fingerprint density at radius 3 is 2.62 bits per heavy atom. The molecule has 1 heterocycles. The SMILES string of the molecule is C=C=C(CCN)C(CC1CCC1)NC(=C)C1CCCN1C. The van der Waals surface area contributed by atoms with Crippen molar-refractivity contribution in [2.45, 2.75) is 57.0 Å². The highest BCUT2D eigenvalue weighted by Crippen LogP contribution is 2.33. The lowest BCUT2D eigenvalue weighted by Gasteiger charge is -2.33. The highest BCUT2D eigenvalue weighted by molar-refractivity contribution is 5.16. The van der Waals surface area contributed by atoms with Gasteiger partial charge in [-0.3, -0.25) is 4.90 Å². The van der Waals surface area contributed by atoms with Crippen LogP contribution in [0.15, 0.2) is 30.2 Å².